The Labute approximate surface area is 150 Å². The van der Waals surface area contributed by atoms with Crippen molar-refractivity contribution in [2.24, 2.45) is 0 Å². The molecule has 0 heterocycles. The van der Waals surface area contributed by atoms with E-state index in [9.17, 15) is 9.59 Å². The first-order valence-corrected chi connectivity index (χ1v) is 10.5. The predicted octanol–water partition coefficient (Wildman–Crippen LogP) is 5.95. The molecule has 0 aromatic carbocycles. The van der Waals surface area contributed by atoms with Crippen LogP contribution in [0.4, 0.5) is 0 Å². The molecule has 0 aliphatic carbocycles. The summed E-state index contributed by atoms with van der Waals surface area (Å²) in [6.07, 6.45) is 21.6. The number of amides is 1. The molecule has 142 valence electrons. The topological polar surface area (TPSA) is 46.2 Å². The Kier molecular flexibility index (Phi) is 19.5. The fourth-order valence-corrected chi connectivity index (χ4v) is 2.98. The summed E-state index contributed by atoms with van der Waals surface area (Å²) in [5, 5.41) is 2.87. The van der Waals surface area contributed by atoms with Crippen LogP contribution >= 0.6 is 0 Å². The van der Waals surface area contributed by atoms with Crippen molar-refractivity contribution in [1.29, 1.82) is 0 Å². The van der Waals surface area contributed by atoms with E-state index in [1.807, 2.05) is 0 Å². The second-order valence-electron chi connectivity index (χ2n) is 7.01. The number of nitrogens with one attached hydrogen (secondary N) is 1. The standard InChI is InChI=1S/C21H41NO2/c1-2-3-4-5-6-7-8-9-10-11-12-13-14-15-18-21(24)22-19-16-17-20-23/h20H,2-19H2,1H3,(H,22,24). The minimum absolute atomic E-state index is 0.139. The average Bonchev–Trinajstić information content (AvgIpc) is 2.59. The van der Waals surface area contributed by atoms with Gasteiger partial charge in [0.1, 0.15) is 6.29 Å². The zero-order chi connectivity index (χ0) is 17.7. The van der Waals surface area contributed by atoms with Gasteiger partial charge in [-0.2, -0.15) is 0 Å². The Morgan fingerprint density at radius 3 is 1.62 bits per heavy atom. The summed E-state index contributed by atoms with van der Waals surface area (Å²) in [7, 11) is 0. The molecule has 3 nitrogen and oxygen atoms in total. The molecule has 0 aliphatic heterocycles. The van der Waals surface area contributed by atoms with E-state index in [1.54, 1.807) is 0 Å². The van der Waals surface area contributed by atoms with E-state index in [0.717, 1.165) is 19.1 Å². The molecule has 1 amide bonds. The molecule has 0 spiro atoms. The number of rotatable bonds is 19. The Hall–Kier alpha value is -0.860. The molecule has 0 aliphatic rings. The van der Waals surface area contributed by atoms with Crippen molar-refractivity contribution >= 4 is 12.2 Å². The van der Waals surface area contributed by atoms with Crippen LogP contribution in [0.25, 0.3) is 0 Å². The highest BCUT2D eigenvalue weighted by Gasteiger charge is 2.00. The molecule has 0 unspecified atom stereocenters. The van der Waals surface area contributed by atoms with Crippen molar-refractivity contribution in [3.8, 4) is 0 Å². The Morgan fingerprint density at radius 2 is 1.17 bits per heavy atom. The quantitative estimate of drug-likeness (QED) is 0.233. The molecule has 0 radical (unpaired) electrons. The number of carbonyl (C=O) groups is 2. The molecule has 0 saturated carbocycles. The Bertz CT molecular complexity index is 279. The van der Waals surface area contributed by atoms with Crippen LogP contribution in [0.1, 0.15) is 116 Å². The first-order valence-electron chi connectivity index (χ1n) is 10.5. The molecular formula is C21H41NO2. The van der Waals surface area contributed by atoms with Gasteiger partial charge in [-0.3, -0.25) is 4.79 Å². The number of carbonyl (C=O) groups excluding carboxylic acids is 2. The summed E-state index contributed by atoms with van der Waals surface area (Å²) in [5.74, 6) is 0.139. The monoisotopic (exact) mass is 339 g/mol. The molecule has 3 heteroatoms. The van der Waals surface area contributed by atoms with Crippen LogP contribution in [-0.2, 0) is 9.59 Å². The van der Waals surface area contributed by atoms with Crippen molar-refractivity contribution in [2.45, 2.75) is 116 Å². The van der Waals surface area contributed by atoms with Crippen molar-refractivity contribution in [3.63, 3.8) is 0 Å². The lowest BCUT2D eigenvalue weighted by Crippen LogP contribution is -2.24. The second kappa shape index (κ2) is 20.2. The van der Waals surface area contributed by atoms with Gasteiger partial charge in [-0.25, -0.2) is 0 Å². The van der Waals surface area contributed by atoms with Crippen LogP contribution in [0.15, 0.2) is 0 Å². The highest BCUT2D eigenvalue weighted by Crippen LogP contribution is 2.13. The highest BCUT2D eigenvalue weighted by molar-refractivity contribution is 5.75. The Morgan fingerprint density at radius 1 is 0.708 bits per heavy atom. The van der Waals surface area contributed by atoms with E-state index in [1.165, 1.54) is 83.5 Å². The summed E-state index contributed by atoms with van der Waals surface area (Å²) >= 11 is 0. The zero-order valence-electron chi connectivity index (χ0n) is 16.1. The molecule has 0 atom stereocenters. The van der Waals surface area contributed by atoms with Crippen LogP contribution in [0.3, 0.4) is 0 Å². The lowest BCUT2D eigenvalue weighted by Gasteiger charge is -2.04. The van der Waals surface area contributed by atoms with E-state index < -0.39 is 0 Å². The zero-order valence-corrected chi connectivity index (χ0v) is 16.1. The SMILES string of the molecule is CCCCCCCCCCCCCCCCC(=O)NCCCC=O. The van der Waals surface area contributed by atoms with Gasteiger partial charge in [-0.15, -0.1) is 0 Å². The Balaban J connectivity index is 3.09. The van der Waals surface area contributed by atoms with Gasteiger partial charge in [0.05, 0.1) is 0 Å². The molecule has 0 aromatic rings. The molecule has 0 bridgehead atoms. The second-order valence-corrected chi connectivity index (χ2v) is 7.01. The number of aldehydes is 1. The normalized spacial score (nSPS) is 10.7. The molecule has 0 fully saturated rings. The van der Waals surface area contributed by atoms with E-state index in [-0.39, 0.29) is 5.91 Å². The fraction of sp³-hybridized carbons (Fsp3) is 0.905. The van der Waals surface area contributed by atoms with Crippen LogP contribution < -0.4 is 5.32 Å². The van der Waals surface area contributed by atoms with Crippen LogP contribution in [-0.4, -0.2) is 18.7 Å². The van der Waals surface area contributed by atoms with E-state index in [2.05, 4.69) is 12.2 Å². The van der Waals surface area contributed by atoms with Crippen LogP contribution in [0.5, 0.6) is 0 Å². The maximum atomic E-state index is 11.5. The molecule has 0 saturated heterocycles. The first-order chi connectivity index (χ1) is 11.8. The smallest absolute Gasteiger partial charge is 0.219 e. The third kappa shape index (κ3) is 19.2. The number of hydrogen-bond donors (Lipinski definition) is 1. The molecular weight excluding hydrogens is 298 g/mol. The third-order valence-corrected chi connectivity index (χ3v) is 4.58. The summed E-state index contributed by atoms with van der Waals surface area (Å²) in [6, 6.07) is 0. The van der Waals surface area contributed by atoms with Crippen LogP contribution in [0, 0.1) is 0 Å². The summed E-state index contributed by atoms with van der Waals surface area (Å²) < 4.78 is 0. The minimum atomic E-state index is 0.139. The van der Waals surface area contributed by atoms with Gasteiger partial charge in [0.25, 0.3) is 0 Å². The van der Waals surface area contributed by atoms with Gasteiger partial charge in [0.2, 0.25) is 5.91 Å². The highest BCUT2D eigenvalue weighted by atomic mass is 16.1. The average molecular weight is 340 g/mol. The van der Waals surface area contributed by atoms with Crippen molar-refractivity contribution < 1.29 is 9.59 Å². The van der Waals surface area contributed by atoms with E-state index >= 15 is 0 Å². The van der Waals surface area contributed by atoms with Crippen molar-refractivity contribution in [2.75, 3.05) is 6.54 Å². The first kappa shape index (κ1) is 23.1. The van der Waals surface area contributed by atoms with Gasteiger partial charge < -0.3 is 10.1 Å². The summed E-state index contributed by atoms with van der Waals surface area (Å²) in [4.78, 5) is 21.7. The van der Waals surface area contributed by atoms with E-state index in [0.29, 0.717) is 19.4 Å². The lowest BCUT2D eigenvalue weighted by molar-refractivity contribution is -0.121. The van der Waals surface area contributed by atoms with Gasteiger partial charge in [0, 0.05) is 19.4 Å². The van der Waals surface area contributed by atoms with E-state index in [4.69, 9.17) is 0 Å². The summed E-state index contributed by atoms with van der Waals surface area (Å²) in [5.41, 5.74) is 0. The van der Waals surface area contributed by atoms with Gasteiger partial charge >= 0.3 is 0 Å². The fourth-order valence-electron chi connectivity index (χ4n) is 2.98. The molecule has 24 heavy (non-hydrogen) atoms. The maximum absolute atomic E-state index is 11.5. The maximum Gasteiger partial charge on any atom is 0.219 e. The largest absolute Gasteiger partial charge is 0.356 e. The van der Waals surface area contributed by atoms with Gasteiger partial charge in [-0.1, -0.05) is 90.4 Å². The number of hydrogen-bond acceptors (Lipinski definition) is 2. The minimum Gasteiger partial charge on any atom is -0.356 e. The predicted molar refractivity (Wildman–Crippen MR) is 103 cm³/mol. The third-order valence-electron chi connectivity index (χ3n) is 4.58. The molecule has 0 aromatic heterocycles. The van der Waals surface area contributed by atoms with Gasteiger partial charge in [-0.05, 0) is 12.8 Å². The summed E-state index contributed by atoms with van der Waals surface area (Å²) in [6.45, 7) is 2.91. The van der Waals surface area contributed by atoms with Crippen LogP contribution in [0.2, 0.25) is 0 Å². The number of unbranched alkanes of at least 4 members (excludes halogenated alkanes) is 14. The van der Waals surface area contributed by atoms with Crippen molar-refractivity contribution in [1.82, 2.24) is 5.32 Å². The molecule has 1 N–H and O–H groups in total. The van der Waals surface area contributed by atoms with Gasteiger partial charge in [0.15, 0.2) is 0 Å². The lowest BCUT2D eigenvalue weighted by atomic mass is 10.0. The van der Waals surface area contributed by atoms with Crippen molar-refractivity contribution in [3.05, 3.63) is 0 Å². The molecule has 0 rings (SSSR count).